The summed E-state index contributed by atoms with van der Waals surface area (Å²) in [5.41, 5.74) is 3.40. The highest BCUT2D eigenvalue weighted by atomic mass is 19.3. The molecule has 1 aliphatic carbocycles. The minimum Gasteiger partial charge on any atom is -0.480 e. The van der Waals surface area contributed by atoms with Crippen LogP contribution < -0.4 is 10.6 Å². The van der Waals surface area contributed by atoms with Crippen LogP contribution in [0.3, 0.4) is 0 Å². The van der Waals surface area contributed by atoms with Crippen molar-refractivity contribution in [3.63, 3.8) is 0 Å². The molecule has 2 aromatic heterocycles. The minimum absolute atomic E-state index is 0.166. The predicted molar refractivity (Wildman–Crippen MR) is 141 cm³/mol. The van der Waals surface area contributed by atoms with E-state index in [4.69, 9.17) is 9.72 Å². The monoisotopic (exact) mass is 532 g/mol. The van der Waals surface area contributed by atoms with Crippen LogP contribution in [0.1, 0.15) is 61.3 Å². The first-order valence-corrected chi connectivity index (χ1v) is 13.6. The zero-order valence-corrected chi connectivity index (χ0v) is 21.7. The molecule has 9 nitrogen and oxygen atoms in total. The highest BCUT2D eigenvalue weighted by Crippen LogP contribution is 2.39. The van der Waals surface area contributed by atoms with Gasteiger partial charge in [-0.25, -0.2) is 28.5 Å². The third-order valence-corrected chi connectivity index (χ3v) is 6.96. The van der Waals surface area contributed by atoms with Crippen molar-refractivity contribution < 1.29 is 23.4 Å². The van der Waals surface area contributed by atoms with Gasteiger partial charge in [-0.2, -0.15) is 0 Å². The van der Waals surface area contributed by atoms with Crippen LogP contribution >= 0.6 is 0 Å². The Hall–Kier alpha value is -2.92. The van der Waals surface area contributed by atoms with Crippen LogP contribution in [0.15, 0.2) is 24.5 Å². The van der Waals surface area contributed by atoms with Crippen LogP contribution in [0.4, 0.5) is 20.5 Å². The van der Waals surface area contributed by atoms with E-state index in [1.165, 1.54) is 5.56 Å². The number of hydrogen-bond acceptors (Lipinski definition) is 8. The van der Waals surface area contributed by atoms with Gasteiger partial charge in [0.1, 0.15) is 18.5 Å². The van der Waals surface area contributed by atoms with Crippen LogP contribution in [-0.4, -0.2) is 82.8 Å². The first-order valence-electron chi connectivity index (χ1n) is 13.6. The maximum atomic E-state index is 12.5. The van der Waals surface area contributed by atoms with E-state index in [0.29, 0.717) is 37.9 Å². The molecule has 1 saturated carbocycles. The van der Waals surface area contributed by atoms with Crippen molar-refractivity contribution in [3.8, 4) is 0 Å². The molecule has 0 spiro atoms. The average Bonchev–Trinajstić information content (AvgIpc) is 3.76. The Balaban J connectivity index is 1.25. The van der Waals surface area contributed by atoms with Gasteiger partial charge in [-0.15, -0.1) is 0 Å². The number of ether oxygens (including phenoxy) is 1. The van der Waals surface area contributed by atoms with E-state index in [1.54, 1.807) is 12.4 Å². The highest BCUT2D eigenvalue weighted by molar-refractivity contribution is 5.76. The van der Waals surface area contributed by atoms with Gasteiger partial charge in [-0.05, 0) is 81.0 Å². The molecule has 3 heterocycles. The number of hydrogen-bond donors (Lipinski definition) is 3. The smallest absolute Gasteiger partial charge is 0.326 e. The Bertz CT molecular complexity index is 1020. The number of rotatable bonds is 17. The van der Waals surface area contributed by atoms with Crippen molar-refractivity contribution in [2.45, 2.75) is 69.8 Å². The molecule has 208 valence electrons. The second-order valence-corrected chi connectivity index (χ2v) is 10.0. The Morgan fingerprint density at radius 1 is 1.18 bits per heavy atom. The molecule has 0 unspecified atom stereocenters. The van der Waals surface area contributed by atoms with E-state index in [9.17, 15) is 18.7 Å². The zero-order valence-electron chi connectivity index (χ0n) is 21.7. The fourth-order valence-corrected chi connectivity index (χ4v) is 4.62. The number of unbranched alkanes of at least 4 members (excludes halogenated alkanes) is 1. The van der Waals surface area contributed by atoms with Crippen molar-refractivity contribution in [3.05, 3.63) is 41.3 Å². The SMILES string of the molecule is O=C(O)[C@H](CCN(CCCCc1ccc2c(n1)NCCC2)CCOCC(F)F)Nc1ncc(C2CC2)cn1. The van der Waals surface area contributed by atoms with Crippen molar-refractivity contribution in [1.29, 1.82) is 0 Å². The molecule has 0 radical (unpaired) electrons. The summed E-state index contributed by atoms with van der Waals surface area (Å²) in [7, 11) is 0. The second-order valence-electron chi connectivity index (χ2n) is 10.0. The van der Waals surface area contributed by atoms with E-state index in [1.807, 2.05) is 0 Å². The average molecular weight is 533 g/mol. The van der Waals surface area contributed by atoms with Crippen molar-refractivity contribution in [2.24, 2.45) is 0 Å². The summed E-state index contributed by atoms with van der Waals surface area (Å²) in [6.07, 6.45) is 8.43. The third kappa shape index (κ3) is 9.13. The largest absolute Gasteiger partial charge is 0.480 e. The Labute approximate surface area is 222 Å². The summed E-state index contributed by atoms with van der Waals surface area (Å²) in [5.74, 6) is 0.825. The molecule has 1 atom stereocenters. The van der Waals surface area contributed by atoms with E-state index in [2.05, 4.69) is 37.6 Å². The molecule has 0 amide bonds. The molecular formula is C27H38F2N6O3. The normalized spacial score (nSPS) is 15.8. The number of anilines is 2. The number of aliphatic carboxylic acids is 1. The molecule has 2 aromatic rings. The van der Waals surface area contributed by atoms with Crippen LogP contribution in [0.5, 0.6) is 0 Å². The quantitative estimate of drug-likeness (QED) is 0.261. The van der Waals surface area contributed by atoms with Gasteiger partial charge in [0.15, 0.2) is 0 Å². The van der Waals surface area contributed by atoms with E-state index >= 15 is 0 Å². The molecule has 3 N–H and O–H groups in total. The number of aromatic nitrogens is 3. The van der Waals surface area contributed by atoms with Crippen LogP contribution in [-0.2, 0) is 22.4 Å². The molecule has 1 aliphatic heterocycles. The van der Waals surface area contributed by atoms with Gasteiger partial charge >= 0.3 is 5.97 Å². The first kappa shape index (κ1) is 28.1. The fraction of sp³-hybridized carbons (Fsp3) is 0.630. The van der Waals surface area contributed by atoms with E-state index < -0.39 is 25.0 Å². The number of carbonyl (C=O) groups is 1. The number of alkyl halides is 2. The molecule has 2 aliphatic rings. The van der Waals surface area contributed by atoms with Gasteiger partial charge in [0.2, 0.25) is 5.95 Å². The van der Waals surface area contributed by atoms with Gasteiger partial charge in [-0.3, -0.25) is 0 Å². The number of pyridine rings is 1. The Kier molecular flexibility index (Phi) is 10.6. The second kappa shape index (κ2) is 14.3. The number of nitrogens with zero attached hydrogens (tertiary/aromatic N) is 4. The van der Waals surface area contributed by atoms with Gasteiger partial charge in [0.05, 0.1) is 6.61 Å². The number of fused-ring (bicyclic) bond motifs is 1. The predicted octanol–water partition coefficient (Wildman–Crippen LogP) is 3.97. The standard InChI is InChI=1S/C27H38F2N6O3/c28-24(29)18-38-15-14-35(12-2-1-5-22-9-8-20-4-3-11-30-25(20)33-22)13-10-23(26(36)37)34-27-31-16-21(17-32-27)19-6-7-19/h8-9,16-17,19,23-24H,1-7,10-15,18H2,(H,30,33)(H,36,37)(H,31,32,34)/t23-/m0/s1. The van der Waals surface area contributed by atoms with Crippen molar-refractivity contribution in [1.82, 2.24) is 19.9 Å². The van der Waals surface area contributed by atoms with Gasteiger partial charge in [0.25, 0.3) is 6.43 Å². The fourth-order valence-electron chi connectivity index (χ4n) is 4.62. The van der Waals surface area contributed by atoms with E-state index in [0.717, 1.165) is 68.6 Å². The van der Waals surface area contributed by atoms with Gasteiger partial charge in [-0.1, -0.05) is 6.07 Å². The van der Waals surface area contributed by atoms with Crippen molar-refractivity contribution >= 4 is 17.7 Å². The summed E-state index contributed by atoms with van der Waals surface area (Å²) in [6.45, 7) is 2.16. The summed E-state index contributed by atoms with van der Waals surface area (Å²) < 4.78 is 30.0. The molecular weight excluding hydrogens is 494 g/mol. The first-order chi connectivity index (χ1) is 18.5. The maximum Gasteiger partial charge on any atom is 0.326 e. The number of nitrogens with one attached hydrogen (secondary N) is 2. The lowest BCUT2D eigenvalue weighted by Gasteiger charge is -2.24. The molecule has 0 saturated heterocycles. The summed E-state index contributed by atoms with van der Waals surface area (Å²) in [5, 5.41) is 16.0. The Morgan fingerprint density at radius 2 is 2.00 bits per heavy atom. The van der Waals surface area contributed by atoms with Crippen LogP contribution in [0.25, 0.3) is 0 Å². The van der Waals surface area contributed by atoms with Crippen molar-refractivity contribution in [2.75, 3.05) is 50.0 Å². The lowest BCUT2D eigenvalue weighted by Crippen LogP contribution is -2.37. The lowest BCUT2D eigenvalue weighted by atomic mass is 10.1. The summed E-state index contributed by atoms with van der Waals surface area (Å²) in [4.78, 5) is 27.3. The maximum absolute atomic E-state index is 12.5. The number of aryl methyl sites for hydroxylation is 2. The van der Waals surface area contributed by atoms with Gasteiger partial charge in [0, 0.05) is 37.7 Å². The summed E-state index contributed by atoms with van der Waals surface area (Å²) in [6, 6.07) is 3.38. The minimum atomic E-state index is -2.51. The summed E-state index contributed by atoms with van der Waals surface area (Å²) >= 11 is 0. The number of carboxylic acids is 1. The lowest BCUT2D eigenvalue weighted by molar-refractivity contribution is -0.138. The van der Waals surface area contributed by atoms with Gasteiger partial charge < -0.3 is 25.4 Å². The topological polar surface area (TPSA) is 112 Å². The molecule has 0 bridgehead atoms. The third-order valence-electron chi connectivity index (χ3n) is 6.96. The van der Waals surface area contributed by atoms with Crippen LogP contribution in [0, 0.1) is 0 Å². The zero-order chi connectivity index (χ0) is 26.7. The Morgan fingerprint density at radius 3 is 2.74 bits per heavy atom. The molecule has 38 heavy (non-hydrogen) atoms. The molecule has 11 heteroatoms. The van der Waals surface area contributed by atoms with Crippen LogP contribution in [0.2, 0.25) is 0 Å². The molecule has 4 rings (SSSR count). The molecule has 1 fully saturated rings. The number of halogens is 2. The molecule has 0 aromatic carbocycles. The highest BCUT2D eigenvalue weighted by Gasteiger charge is 2.25. The number of carboxylic acid groups (broad SMARTS) is 1. The van der Waals surface area contributed by atoms with E-state index in [-0.39, 0.29) is 6.61 Å².